The van der Waals surface area contributed by atoms with Crippen molar-refractivity contribution < 1.29 is 4.74 Å². The molecule has 1 fully saturated rings. The zero-order valence-electron chi connectivity index (χ0n) is 10.2. The fourth-order valence-electron chi connectivity index (χ4n) is 1.79. The van der Waals surface area contributed by atoms with Crippen molar-refractivity contribution >= 4 is 0 Å². The van der Waals surface area contributed by atoms with Crippen LogP contribution in [-0.4, -0.2) is 43.8 Å². The minimum absolute atomic E-state index is 0.433. The van der Waals surface area contributed by atoms with Crippen molar-refractivity contribution in [1.29, 1.82) is 0 Å². The summed E-state index contributed by atoms with van der Waals surface area (Å²) in [6.07, 6.45) is 3.46. The lowest BCUT2D eigenvalue weighted by Crippen LogP contribution is -2.41. The van der Waals surface area contributed by atoms with Crippen LogP contribution in [-0.2, 0) is 4.74 Å². The minimum Gasteiger partial charge on any atom is -0.380 e. The predicted octanol–water partition coefficient (Wildman–Crippen LogP) is 1.47. The van der Waals surface area contributed by atoms with Gasteiger partial charge in [0.05, 0.1) is 6.61 Å². The zero-order chi connectivity index (χ0) is 11.1. The molecule has 0 aromatic carbocycles. The van der Waals surface area contributed by atoms with Crippen LogP contribution in [0.2, 0.25) is 0 Å². The third-order valence-corrected chi connectivity index (χ3v) is 3.02. The van der Waals surface area contributed by atoms with Crippen LogP contribution in [0.15, 0.2) is 0 Å². The number of nitrogens with two attached hydrogens (primary N) is 1. The molecule has 90 valence electrons. The normalized spacial score (nSPS) is 20.0. The fraction of sp³-hybridized carbons (Fsp3) is 1.00. The molecular weight excluding hydrogens is 188 g/mol. The van der Waals surface area contributed by atoms with Gasteiger partial charge in [0, 0.05) is 19.2 Å². The minimum atomic E-state index is 0.433. The molecule has 0 unspecified atom stereocenters. The molecule has 0 amide bonds. The topological polar surface area (TPSA) is 38.5 Å². The van der Waals surface area contributed by atoms with E-state index in [4.69, 9.17) is 10.5 Å². The Morgan fingerprint density at radius 3 is 2.53 bits per heavy atom. The first-order chi connectivity index (χ1) is 7.18. The smallest absolute Gasteiger partial charge is 0.0593 e. The second-order valence-electron chi connectivity index (χ2n) is 4.97. The Balaban J connectivity index is 1.91. The Morgan fingerprint density at radius 2 is 1.93 bits per heavy atom. The van der Waals surface area contributed by atoms with Crippen LogP contribution in [0.1, 0.15) is 33.1 Å². The van der Waals surface area contributed by atoms with Crippen molar-refractivity contribution in [3.63, 3.8) is 0 Å². The van der Waals surface area contributed by atoms with E-state index in [1.807, 2.05) is 0 Å². The molecule has 0 atom stereocenters. The maximum Gasteiger partial charge on any atom is 0.0593 e. The summed E-state index contributed by atoms with van der Waals surface area (Å²) >= 11 is 0. The van der Waals surface area contributed by atoms with E-state index < -0.39 is 0 Å². The lowest BCUT2D eigenvalue weighted by Gasteiger charge is -2.29. The van der Waals surface area contributed by atoms with Gasteiger partial charge >= 0.3 is 0 Å². The molecule has 2 N–H and O–H groups in total. The van der Waals surface area contributed by atoms with Crippen LogP contribution in [0.5, 0.6) is 0 Å². The van der Waals surface area contributed by atoms with Crippen LogP contribution in [0.25, 0.3) is 0 Å². The van der Waals surface area contributed by atoms with E-state index in [0.29, 0.717) is 6.04 Å². The van der Waals surface area contributed by atoms with Crippen LogP contribution in [0.4, 0.5) is 0 Å². The summed E-state index contributed by atoms with van der Waals surface area (Å²) in [6.45, 7) is 9.62. The summed E-state index contributed by atoms with van der Waals surface area (Å²) in [5.74, 6) is 0.748. The summed E-state index contributed by atoms with van der Waals surface area (Å²) in [4.78, 5) is 2.46. The second-order valence-corrected chi connectivity index (χ2v) is 4.97. The van der Waals surface area contributed by atoms with Crippen molar-refractivity contribution in [2.24, 2.45) is 11.7 Å². The van der Waals surface area contributed by atoms with Gasteiger partial charge in [-0.1, -0.05) is 13.8 Å². The zero-order valence-corrected chi connectivity index (χ0v) is 10.2. The molecule has 0 saturated carbocycles. The van der Waals surface area contributed by atoms with Gasteiger partial charge in [-0.3, -0.25) is 0 Å². The summed E-state index contributed by atoms with van der Waals surface area (Å²) < 4.78 is 5.60. The van der Waals surface area contributed by atoms with Crippen molar-refractivity contribution in [1.82, 2.24) is 4.90 Å². The van der Waals surface area contributed by atoms with E-state index in [0.717, 1.165) is 51.6 Å². The lowest BCUT2D eigenvalue weighted by atomic mass is 10.1. The van der Waals surface area contributed by atoms with Gasteiger partial charge in [0.25, 0.3) is 0 Å². The third-order valence-electron chi connectivity index (χ3n) is 3.02. The maximum absolute atomic E-state index is 5.85. The monoisotopic (exact) mass is 214 g/mol. The van der Waals surface area contributed by atoms with Gasteiger partial charge in [-0.2, -0.15) is 0 Å². The molecule has 1 saturated heterocycles. The fourth-order valence-corrected chi connectivity index (χ4v) is 1.79. The summed E-state index contributed by atoms with van der Waals surface area (Å²) in [5.41, 5.74) is 5.85. The first kappa shape index (κ1) is 12.9. The number of rotatable bonds is 6. The van der Waals surface area contributed by atoms with Gasteiger partial charge in [0.2, 0.25) is 0 Å². The van der Waals surface area contributed by atoms with Crippen LogP contribution in [0.3, 0.4) is 0 Å². The van der Waals surface area contributed by atoms with Gasteiger partial charge in [-0.25, -0.2) is 0 Å². The standard InChI is InChI=1S/C12H26N2O/c1-11(2)5-9-15-10-8-14-6-3-12(13)4-7-14/h11-12H,3-10,13H2,1-2H3. The summed E-state index contributed by atoms with van der Waals surface area (Å²) in [7, 11) is 0. The SMILES string of the molecule is CC(C)CCOCCN1CCC(N)CC1. The molecule has 1 rings (SSSR count). The van der Waals surface area contributed by atoms with E-state index in [1.165, 1.54) is 6.42 Å². The van der Waals surface area contributed by atoms with Crippen molar-refractivity contribution in [3.05, 3.63) is 0 Å². The van der Waals surface area contributed by atoms with Crippen molar-refractivity contribution in [2.45, 2.75) is 39.2 Å². The predicted molar refractivity (Wildman–Crippen MR) is 63.9 cm³/mol. The number of hydrogen-bond acceptors (Lipinski definition) is 3. The maximum atomic E-state index is 5.85. The van der Waals surface area contributed by atoms with Crippen molar-refractivity contribution in [2.75, 3.05) is 32.8 Å². The first-order valence-corrected chi connectivity index (χ1v) is 6.24. The molecule has 0 aromatic rings. The molecular formula is C12H26N2O. The molecule has 3 heteroatoms. The van der Waals surface area contributed by atoms with Crippen LogP contribution in [0, 0.1) is 5.92 Å². The first-order valence-electron chi connectivity index (χ1n) is 6.24. The average Bonchev–Trinajstić information content (AvgIpc) is 2.20. The Morgan fingerprint density at radius 1 is 1.27 bits per heavy atom. The summed E-state index contributed by atoms with van der Waals surface area (Å²) in [6, 6.07) is 0.433. The molecule has 1 heterocycles. The summed E-state index contributed by atoms with van der Waals surface area (Å²) in [5, 5.41) is 0. The van der Waals surface area contributed by atoms with E-state index in [9.17, 15) is 0 Å². The molecule has 1 aliphatic rings. The van der Waals surface area contributed by atoms with Crippen LogP contribution >= 0.6 is 0 Å². The second kappa shape index (κ2) is 7.20. The number of hydrogen-bond donors (Lipinski definition) is 1. The highest BCUT2D eigenvalue weighted by molar-refractivity contribution is 4.73. The molecule has 15 heavy (non-hydrogen) atoms. The quantitative estimate of drug-likeness (QED) is 0.681. The Bertz CT molecular complexity index is 154. The number of piperidine rings is 1. The van der Waals surface area contributed by atoms with E-state index in [2.05, 4.69) is 18.7 Å². The third kappa shape index (κ3) is 6.13. The molecule has 0 aliphatic carbocycles. The Kier molecular flexibility index (Phi) is 6.22. The number of nitrogens with zero attached hydrogens (tertiary/aromatic N) is 1. The number of likely N-dealkylation sites (tertiary alicyclic amines) is 1. The van der Waals surface area contributed by atoms with Gasteiger partial charge in [0.15, 0.2) is 0 Å². The molecule has 0 radical (unpaired) electrons. The Labute approximate surface area is 94.0 Å². The molecule has 0 bridgehead atoms. The highest BCUT2D eigenvalue weighted by Gasteiger charge is 2.14. The van der Waals surface area contributed by atoms with Gasteiger partial charge < -0.3 is 15.4 Å². The number of ether oxygens (including phenoxy) is 1. The van der Waals surface area contributed by atoms with E-state index in [-0.39, 0.29) is 0 Å². The van der Waals surface area contributed by atoms with Crippen LogP contribution < -0.4 is 5.73 Å². The highest BCUT2D eigenvalue weighted by Crippen LogP contribution is 2.07. The molecule has 0 aromatic heterocycles. The average molecular weight is 214 g/mol. The molecule has 3 nitrogen and oxygen atoms in total. The molecule has 1 aliphatic heterocycles. The lowest BCUT2D eigenvalue weighted by molar-refractivity contribution is 0.0877. The van der Waals surface area contributed by atoms with E-state index in [1.54, 1.807) is 0 Å². The Hall–Kier alpha value is -0.120. The van der Waals surface area contributed by atoms with E-state index >= 15 is 0 Å². The largest absolute Gasteiger partial charge is 0.380 e. The van der Waals surface area contributed by atoms with Gasteiger partial charge in [-0.15, -0.1) is 0 Å². The van der Waals surface area contributed by atoms with Gasteiger partial charge in [0.1, 0.15) is 0 Å². The van der Waals surface area contributed by atoms with Gasteiger partial charge in [-0.05, 0) is 38.3 Å². The highest BCUT2D eigenvalue weighted by atomic mass is 16.5. The molecule has 0 spiro atoms. The van der Waals surface area contributed by atoms with Crippen molar-refractivity contribution in [3.8, 4) is 0 Å².